The van der Waals surface area contributed by atoms with Crippen LogP contribution in [0, 0.1) is 17.3 Å². The number of hydrogen-bond donors (Lipinski definition) is 4. The third kappa shape index (κ3) is 5.11. The molecule has 6 atom stereocenters. The molecule has 10 heteroatoms. The van der Waals surface area contributed by atoms with E-state index in [0.29, 0.717) is 24.9 Å². The first-order valence-electron chi connectivity index (χ1n) is 11.9. The zero-order valence-corrected chi connectivity index (χ0v) is 20.4. The minimum absolute atomic E-state index is 0.00942. The van der Waals surface area contributed by atoms with E-state index in [4.69, 9.17) is 4.74 Å². The van der Waals surface area contributed by atoms with Crippen molar-refractivity contribution >= 4 is 10.0 Å². The van der Waals surface area contributed by atoms with Gasteiger partial charge in [0.05, 0.1) is 12.8 Å². The topological polar surface area (TPSA) is 98.0 Å². The first kappa shape index (κ1) is 23.8. The van der Waals surface area contributed by atoms with Crippen LogP contribution in [-0.4, -0.2) is 88.9 Å². The number of nitrogens with one attached hydrogen (secondary N) is 4. The van der Waals surface area contributed by atoms with Crippen LogP contribution in [0.2, 0.25) is 0 Å². The molecule has 180 valence electrons. The smallest absolute Gasteiger partial charge is 0.217 e. The molecule has 3 heterocycles. The van der Waals surface area contributed by atoms with Crippen LogP contribution < -0.4 is 20.9 Å². The fraction of sp³-hybridized carbons (Fsp3) is 1.00. The summed E-state index contributed by atoms with van der Waals surface area (Å²) >= 11 is 0. The molecule has 4 fully saturated rings. The predicted molar refractivity (Wildman–Crippen MR) is 121 cm³/mol. The molecule has 0 radical (unpaired) electrons. The van der Waals surface area contributed by atoms with Gasteiger partial charge < -0.3 is 10.1 Å². The van der Waals surface area contributed by atoms with E-state index in [1.165, 1.54) is 6.42 Å². The summed E-state index contributed by atoms with van der Waals surface area (Å²) in [6.07, 6.45) is 5.44. The van der Waals surface area contributed by atoms with Crippen molar-refractivity contribution in [2.45, 2.75) is 69.5 Å². The maximum Gasteiger partial charge on any atom is 0.217 e. The number of piperidine rings is 1. The van der Waals surface area contributed by atoms with Gasteiger partial charge in [0.25, 0.3) is 0 Å². The zero-order chi connectivity index (χ0) is 22.2. The van der Waals surface area contributed by atoms with Crippen molar-refractivity contribution in [3.63, 3.8) is 0 Å². The van der Waals surface area contributed by atoms with Gasteiger partial charge in [0.1, 0.15) is 5.25 Å². The van der Waals surface area contributed by atoms with Crippen molar-refractivity contribution < 1.29 is 13.2 Å². The van der Waals surface area contributed by atoms with Crippen LogP contribution in [0.4, 0.5) is 0 Å². The minimum Gasteiger partial charge on any atom is -0.384 e. The second kappa shape index (κ2) is 9.50. The highest BCUT2D eigenvalue weighted by molar-refractivity contribution is 7.90. The average Bonchev–Trinajstić information content (AvgIpc) is 3.37. The van der Waals surface area contributed by atoms with Gasteiger partial charge in [-0.15, -0.1) is 0 Å². The van der Waals surface area contributed by atoms with Crippen LogP contribution in [0.25, 0.3) is 0 Å². The van der Waals surface area contributed by atoms with Crippen molar-refractivity contribution in [1.29, 1.82) is 0 Å². The van der Waals surface area contributed by atoms with Crippen LogP contribution in [0.15, 0.2) is 0 Å². The molecule has 0 bridgehead atoms. The standard InChI is InChI=1S/C21H42N6O3S/c1-21(2,14-30-4)16-8-9-22-19(10-16)27-13-17(12-24-27)31(28,29)25-18-7-5-6-15-11-23-26(3)20(15)18/h15-20,22-25H,5-14H2,1-4H3. The predicted octanol–water partition coefficient (Wildman–Crippen LogP) is 0.0802. The van der Waals surface area contributed by atoms with Crippen LogP contribution in [-0.2, 0) is 14.8 Å². The number of likely N-dealkylation sites (N-methyl/N-ethyl adjacent to an activating group) is 1. The Hall–Kier alpha value is -0.330. The Morgan fingerprint density at radius 2 is 1.97 bits per heavy atom. The van der Waals surface area contributed by atoms with Crippen LogP contribution >= 0.6 is 0 Å². The summed E-state index contributed by atoms with van der Waals surface area (Å²) in [7, 11) is 0.396. The van der Waals surface area contributed by atoms with Gasteiger partial charge in [-0.05, 0) is 49.5 Å². The molecule has 9 nitrogen and oxygen atoms in total. The maximum atomic E-state index is 13.3. The summed E-state index contributed by atoms with van der Waals surface area (Å²) in [5.74, 6) is 1.07. The highest BCUT2D eigenvalue weighted by atomic mass is 32.2. The molecule has 0 aromatic carbocycles. The fourth-order valence-electron chi connectivity index (χ4n) is 6.23. The number of nitrogens with zero attached hydrogens (tertiary/aromatic N) is 2. The number of fused-ring (bicyclic) bond motifs is 1. The van der Waals surface area contributed by atoms with Gasteiger partial charge in [-0.1, -0.05) is 20.3 Å². The molecule has 0 aromatic heterocycles. The molecular weight excluding hydrogens is 416 g/mol. The number of hydrogen-bond acceptors (Lipinski definition) is 8. The average molecular weight is 459 g/mol. The summed E-state index contributed by atoms with van der Waals surface area (Å²) < 4.78 is 35.1. The van der Waals surface area contributed by atoms with Gasteiger partial charge in [0.2, 0.25) is 10.0 Å². The molecule has 0 aromatic rings. The third-order valence-electron chi connectivity index (χ3n) is 8.09. The maximum absolute atomic E-state index is 13.3. The quantitative estimate of drug-likeness (QED) is 0.426. The molecule has 6 unspecified atom stereocenters. The van der Waals surface area contributed by atoms with Crippen molar-refractivity contribution in [2.75, 3.05) is 46.9 Å². The first-order valence-corrected chi connectivity index (χ1v) is 13.5. The Morgan fingerprint density at radius 3 is 2.74 bits per heavy atom. The highest BCUT2D eigenvalue weighted by Gasteiger charge is 2.45. The third-order valence-corrected chi connectivity index (χ3v) is 9.92. The molecule has 3 saturated heterocycles. The van der Waals surface area contributed by atoms with Crippen LogP contribution in [0.1, 0.15) is 46.0 Å². The van der Waals surface area contributed by atoms with Gasteiger partial charge in [-0.3, -0.25) is 10.9 Å². The number of rotatable bonds is 7. The molecule has 0 spiro atoms. The Labute approximate surface area is 188 Å². The Morgan fingerprint density at radius 1 is 1.16 bits per heavy atom. The Bertz CT molecular complexity index is 718. The monoisotopic (exact) mass is 458 g/mol. The van der Waals surface area contributed by atoms with Crippen molar-refractivity contribution in [3.8, 4) is 0 Å². The van der Waals surface area contributed by atoms with E-state index in [0.717, 1.165) is 45.4 Å². The molecular formula is C21H42N6O3S. The lowest BCUT2D eigenvalue weighted by Crippen LogP contribution is -2.56. The lowest BCUT2D eigenvalue weighted by atomic mass is 9.74. The number of sulfonamides is 1. The zero-order valence-electron chi connectivity index (χ0n) is 19.6. The largest absolute Gasteiger partial charge is 0.384 e. The fourth-order valence-corrected chi connectivity index (χ4v) is 7.75. The normalized spacial score (nSPS) is 38.5. The molecule has 1 aliphatic carbocycles. The summed E-state index contributed by atoms with van der Waals surface area (Å²) in [6, 6.07) is 0.239. The van der Waals surface area contributed by atoms with Gasteiger partial charge in [0.15, 0.2) is 0 Å². The highest BCUT2D eigenvalue weighted by Crippen LogP contribution is 2.36. The lowest BCUT2D eigenvalue weighted by molar-refractivity contribution is 0.00976. The summed E-state index contributed by atoms with van der Waals surface area (Å²) in [5, 5.41) is 7.39. The molecule has 0 amide bonds. The van der Waals surface area contributed by atoms with Crippen molar-refractivity contribution in [3.05, 3.63) is 0 Å². The summed E-state index contributed by atoms with van der Waals surface area (Å²) in [4.78, 5) is 0. The molecule has 3 aliphatic heterocycles. The van der Waals surface area contributed by atoms with Gasteiger partial charge in [0, 0.05) is 45.9 Å². The minimum atomic E-state index is -3.40. The van der Waals surface area contributed by atoms with Gasteiger partial charge >= 0.3 is 0 Å². The van der Waals surface area contributed by atoms with E-state index >= 15 is 0 Å². The second-order valence-electron chi connectivity index (χ2n) is 10.7. The molecule has 31 heavy (non-hydrogen) atoms. The molecule has 4 rings (SSSR count). The number of ether oxygens (including phenoxy) is 1. The Kier molecular flexibility index (Phi) is 7.30. The van der Waals surface area contributed by atoms with Gasteiger partial charge in [-0.25, -0.2) is 23.2 Å². The second-order valence-corrected chi connectivity index (χ2v) is 12.7. The van der Waals surface area contributed by atoms with E-state index in [1.54, 1.807) is 7.11 Å². The van der Waals surface area contributed by atoms with E-state index < -0.39 is 15.3 Å². The lowest BCUT2D eigenvalue weighted by Gasteiger charge is -2.42. The van der Waals surface area contributed by atoms with Crippen LogP contribution in [0.3, 0.4) is 0 Å². The van der Waals surface area contributed by atoms with Crippen molar-refractivity contribution in [1.82, 2.24) is 30.9 Å². The summed E-state index contributed by atoms with van der Waals surface area (Å²) in [5.41, 5.74) is 6.87. The van der Waals surface area contributed by atoms with E-state index in [-0.39, 0.29) is 23.7 Å². The SMILES string of the molecule is COCC(C)(C)C1CCNC(N2CC(S(=O)(=O)NC3CCCC4CNN(C)C43)CN2)C1. The van der Waals surface area contributed by atoms with Crippen molar-refractivity contribution in [2.24, 2.45) is 17.3 Å². The molecule has 4 N–H and O–H groups in total. The first-order chi connectivity index (χ1) is 14.7. The van der Waals surface area contributed by atoms with E-state index in [2.05, 4.69) is 44.8 Å². The molecule has 1 saturated carbocycles. The van der Waals surface area contributed by atoms with E-state index in [1.807, 2.05) is 7.05 Å². The number of hydrazine groups is 2. The van der Waals surface area contributed by atoms with Gasteiger partial charge in [-0.2, -0.15) is 0 Å². The van der Waals surface area contributed by atoms with Crippen LogP contribution in [0.5, 0.6) is 0 Å². The Balaban J connectivity index is 1.35. The van der Waals surface area contributed by atoms with E-state index in [9.17, 15) is 8.42 Å². The summed E-state index contributed by atoms with van der Waals surface area (Å²) in [6.45, 7) is 8.15. The molecule has 4 aliphatic rings. The number of methoxy groups -OCH3 is 1.